The van der Waals surface area contributed by atoms with Gasteiger partial charge in [0.15, 0.2) is 0 Å². The highest BCUT2D eigenvalue weighted by Gasteiger charge is 2.21. The number of hydrogen-bond acceptors (Lipinski definition) is 9. The maximum Gasteiger partial charge on any atom is 0.407 e. The molecule has 0 radical (unpaired) electrons. The average Bonchev–Trinajstić information content (AvgIpc) is 2.89. The number of benzene rings is 1. The lowest BCUT2D eigenvalue weighted by atomic mass is 10.1. The molecule has 4 amide bonds. The van der Waals surface area contributed by atoms with E-state index in [4.69, 9.17) is 24.7 Å². The van der Waals surface area contributed by atoms with Crippen LogP contribution in [-0.4, -0.2) is 93.6 Å². The van der Waals surface area contributed by atoms with Crippen LogP contribution in [0, 0.1) is 0 Å². The van der Waals surface area contributed by atoms with Gasteiger partial charge >= 0.3 is 12.2 Å². The van der Waals surface area contributed by atoms with Crippen molar-refractivity contribution in [3.05, 3.63) is 23.3 Å². The summed E-state index contributed by atoms with van der Waals surface area (Å²) in [6.45, 7) is 13.4. The summed E-state index contributed by atoms with van der Waals surface area (Å²) < 4.78 is 22.4. The number of primary amides is 1. The van der Waals surface area contributed by atoms with Crippen LogP contribution >= 0.6 is 0 Å². The summed E-state index contributed by atoms with van der Waals surface area (Å²) in [6.07, 6.45) is 3.40. The fourth-order valence-electron chi connectivity index (χ4n) is 3.84. The topological polar surface area (TPSA) is 171 Å². The molecule has 0 saturated carbocycles. The van der Waals surface area contributed by atoms with Crippen molar-refractivity contribution in [3.8, 4) is 11.5 Å². The average molecular weight is 638 g/mol. The first-order chi connectivity index (χ1) is 21.0. The van der Waals surface area contributed by atoms with Crippen LogP contribution in [0.15, 0.2) is 12.1 Å². The molecule has 0 aliphatic carbocycles. The number of alkyl carbamates (subject to hydrolysis) is 2. The molecule has 256 valence electrons. The fraction of sp³-hybridized carbons (Fsp3) is 0.688. The smallest absolute Gasteiger partial charge is 0.407 e. The van der Waals surface area contributed by atoms with Crippen molar-refractivity contribution in [2.24, 2.45) is 5.73 Å². The molecule has 0 fully saturated rings. The Morgan fingerprint density at radius 2 is 1.13 bits per heavy atom. The number of amides is 4. The molecule has 0 aromatic heterocycles. The minimum atomic E-state index is -0.724. The van der Waals surface area contributed by atoms with Crippen molar-refractivity contribution >= 4 is 24.0 Å². The van der Waals surface area contributed by atoms with Gasteiger partial charge in [-0.05, 0) is 100 Å². The third kappa shape index (κ3) is 18.6. The highest BCUT2D eigenvalue weighted by molar-refractivity contribution is 6.02. The molecular weight excluding hydrogens is 582 g/mol. The van der Waals surface area contributed by atoms with Gasteiger partial charge in [0, 0.05) is 32.2 Å². The Balaban J connectivity index is 2.78. The highest BCUT2D eigenvalue weighted by atomic mass is 16.6. The molecule has 0 aliphatic rings. The van der Waals surface area contributed by atoms with Crippen LogP contribution in [0.5, 0.6) is 11.5 Å². The second kappa shape index (κ2) is 19.6. The van der Waals surface area contributed by atoms with E-state index >= 15 is 0 Å². The summed E-state index contributed by atoms with van der Waals surface area (Å²) in [5, 5.41) is 8.30. The molecule has 1 rings (SSSR count). The second-order valence-corrected chi connectivity index (χ2v) is 12.9. The molecule has 0 bridgehead atoms. The van der Waals surface area contributed by atoms with E-state index in [1.54, 1.807) is 20.8 Å². The van der Waals surface area contributed by atoms with Crippen LogP contribution in [0.3, 0.4) is 0 Å². The Kier molecular flexibility index (Phi) is 17.1. The normalized spacial score (nSPS) is 11.5. The Hall–Kier alpha value is -3.74. The Labute approximate surface area is 268 Å². The number of likely N-dealkylation sites (N-methyl/N-ethyl adjacent to an activating group) is 1. The SMILES string of the molecule is CN(C)CCNC(=O)c1cc(C(N)=O)c(OCCCCCNC(=O)OC(C)(C)C)cc1OCCCCCNC(=O)OC(C)(C)C. The molecule has 13 nitrogen and oxygen atoms in total. The van der Waals surface area contributed by atoms with Gasteiger partial charge in [0.1, 0.15) is 22.7 Å². The number of carbonyl (C=O) groups excluding carboxylic acids is 4. The van der Waals surface area contributed by atoms with Crippen molar-refractivity contribution < 1.29 is 38.1 Å². The van der Waals surface area contributed by atoms with Crippen molar-refractivity contribution in [3.63, 3.8) is 0 Å². The van der Waals surface area contributed by atoms with Crippen molar-refractivity contribution in [2.75, 3.05) is 53.5 Å². The maximum absolute atomic E-state index is 13.1. The molecule has 13 heteroatoms. The number of unbranched alkanes of at least 4 members (excludes halogenated alkanes) is 4. The molecule has 1 aromatic carbocycles. The molecule has 0 heterocycles. The van der Waals surface area contributed by atoms with Gasteiger partial charge in [0.25, 0.3) is 11.8 Å². The molecule has 45 heavy (non-hydrogen) atoms. The van der Waals surface area contributed by atoms with Gasteiger partial charge in [-0.25, -0.2) is 9.59 Å². The van der Waals surface area contributed by atoms with E-state index in [2.05, 4.69) is 16.0 Å². The van der Waals surface area contributed by atoms with E-state index in [0.717, 1.165) is 25.7 Å². The highest BCUT2D eigenvalue weighted by Crippen LogP contribution is 2.30. The minimum absolute atomic E-state index is 0.0833. The number of rotatable bonds is 19. The molecule has 0 saturated heterocycles. The summed E-state index contributed by atoms with van der Waals surface area (Å²) in [4.78, 5) is 50.9. The van der Waals surface area contributed by atoms with Crippen LogP contribution in [0.4, 0.5) is 9.59 Å². The Morgan fingerprint density at radius 1 is 0.667 bits per heavy atom. The first-order valence-corrected chi connectivity index (χ1v) is 15.6. The third-order valence-corrected chi connectivity index (χ3v) is 5.93. The molecular formula is C32H55N5O8. The van der Waals surface area contributed by atoms with Crippen LogP contribution in [0.2, 0.25) is 0 Å². The lowest BCUT2D eigenvalue weighted by Crippen LogP contribution is -2.33. The monoisotopic (exact) mass is 637 g/mol. The Bertz CT molecular complexity index is 1100. The zero-order chi connectivity index (χ0) is 34.0. The molecule has 5 N–H and O–H groups in total. The Morgan fingerprint density at radius 3 is 1.56 bits per heavy atom. The van der Waals surface area contributed by atoms with Crippen molar-refractivity contribution in [1.82, 2.24) is 20.9 Å². The molecule has 0 aliphatic heterocycles. The van der Waals surface area contributed by atoms with E-state index < -0.39 is 29.3 Å². The summed E-state index contributed by atoms with van der Waals surface area (Å²) in [5.41, 5.74) is 4.81. The largest absolute Gasteiger partial charge is 0.493 e. The predicted octanol–water partition coefficient (Wildman–Crippen LogP) is 4.22. The van der Waals surface area contributed by atoms with Crippen LogP contribution < -0.4 is 31.2 Å². The number of carbonyl (C=O) groups is 4. The van der Waals surface area contributed by atoms with Gasteiger partial charge in [0.2, 0.25) is 0 Å². The van der Waals surface area contributed by atoms with E-state index in [1.807, 2.05) is 39.8 Å². The van der Waals surface area contributed by atoms with E-state index in [9.17, 15) is 19.2 Å². The summed E-state index contributed by atoms with van der Waals surface area (Å²) in [7, 11) is 3.80. The van der Waals surface area contributed by atoms with Gasteiger partial charge in [-0.2, -0.15) is 0 Å². The first kappa shape index (κ1) is 39.3. The summed E-state index contributed by atoms with van der Waals surface area (Å²) >= 11 is 0. The first-order valence-electron chi connectivity index (χ1n) is 15.6. The van der Waals surface area contributed by atoms with Gasteiger partial charge in [-0.15, -0.1) is 0 Å². The van der Waals surface area contributed by atoms with Crippen LogP contribution in [-0.2, 0) is 9.47 Å². The minimum Gasteiger partial charge on any atom is -0.493 e. The van der Waals surface area contributed by atoms with Crippen molar-refractivity contribution in [2.45, 2.75) is 91.3 Å². The molecule has 0 atom stereocenters. The number of nitrogens with two attached hydrogens (primary N) is 1. The van der Waals surface area contributed by atoms with E-state index in [-0.39, 0.29) is 28.5 Å². The molecule has 1 aromatic rings. The van der Waals surface area contributed by atoms with Gasteiger partial charge in [-0.1, -0.05) is 0 Å². The number of ether oxygens (including phenoxy) is 4. The van der Waals surface area contributed by atoms with E-state index in [0.29, 0.717) is 52.2 Å². The third-order valence-electron chi connectivity index (χ3n) is 5.93. The lowest BCUT2D eigenvalue weighted by Gasteiger charge is -2.19. The number of hydrogen-bond donors (Lipinski definition) is 4. The fourth-order valence-corrected chi connectivity index (χ4v) is 3.84. The van der Waals surface area contributed by atoms with E-state index in [1.165, 1.54) is 12.1 Å². The summed E-state index contributed by atoms with van der Waals surface area (Å²) in [5.74, 6) is -0.598. The van der Waals surface area contributed by atoms with Crippen LogP contribution in [0.25, 0.3) is 0 Å². The lowest BCUT2D eigenvalue weighted by molar-refractivity contribution is 0.0515. The van der Waals surface area contributed by atoms with Crippen molar-refractivity contribution in [1.29, 1.82) is 0 Å². The second-order valence-electron chi connectivity index (χ2n) is 12.9. The van der Waals surface area contributed by atoms with Gasteiger partial charge in [0.05, 0.1) is 24.3 Å². The predicted molar refractivity (Wildman–Crippen MR) is 173 cm³/mol. The molecule has 0 spiro atoms. The summed E-state index contributed by atoms with van der Waals surface area (Å²) in [6, 6.07) is 2.95. The molecule has 0 unspecified atom stereocenters. The van der Waals surface area contributed by atoms with Gasteiger partial charge < -0.3 is 45.5 Å². The zero-order valence-corrected chi connectivity index (χ0v) is 28.4. The quantitative estimate of drug-likeness (QED) is 0.162. The maximum atomic E-state index is 13.1. The number of nitrogens with zero attached hydrogens (tertiary/aromatic N) is 1. The number of nitrogens with one attached hydrogen (secondary N) is 3. The van der Waals surface area contributed by atoms with Crippen LogP contribution in [0.1, 0.15) is 101 Å². The standard InChI is InChI=1S/C32H55N5O8/c1-31(2,3)44-29(40)35-15-11-9-13-19-42-25-22-26(43-20-14-10-12-16-36-30(41)45-32(4,5)6)24(21-23(25)27(33)38)28(39)34-17-18-37(7)8/h21-22H,9-20H2,1-8H3,(H2,33,38)(H,34,39)(H,35,40)(H,36,41). The van der Waals surface area contributed by atoms with Gasteiger partial charge in [-0.3, -0.25) is 9.59 Å². The zero-order valence-electron chi connectivity index (χ0n) is 28.4.